The average molecular weight is 1020 g/mol. The second-order valence-electron chi connectivity index (χ2n) is 18.9. The number of aromatic nitrogens is 3. The normalized spacial score (nSPS) is 10.6. The molecule has 80 heavy (non-hydrogen) atoms. The van der Waals surface area contributed by atoms with Crippen LogP contribution in [0.2, 0.25) is 0 Å². The van der Waals surface area contributed by atoms with E-state index in [1.165, 1.54) is 24.3 Å². The van der Waals surface area contributed by atoms with Gasteiger partial charge in [-0.15, -0.1) is 0 Å². The topological polar surface area (TPSA) is 237 Å². The van der Waals surface area contributed by atoms with Crippen LogP contribution in [-0.4, -0.2) is 14.1 Å². The number of nitriles is 9. The van der Waals surface area contributed by atoms with Crippen molar-refractivity contribution < 1.29 is 0 Å². The third-order valence-corrected chi connectivity index (χ3v) is 14.3. The van der Waals surface area contributed by atoms with Gasteiger partial charge in [0.1, 0.15) is 5.82 Å². The van der Waals surface area contributed by atoms with E-state index in [1.807, 2.05) is 95.6 Å². The summed E-state index contributed by atoms with van der Waals surface area (Å²) >= 11 is 0. The van der Waals surface area contributed by atoms with E-state index in [0.717, 1.165) is 65.9 Å². The van der Waals surface area contributed by atoms with Crippen molar-refractivity contribution in [3.05, 3.63) is 232 Å². The molecule has 362 valence electrons. The molecule has 0 bridgehead atoms. The van der Waals surface area contributed by atoms with Gasteiger partial charge >= 0.3 is 0 Å². The summed E-state index contributed by atoms with van der Waals surface area (Å²) in [5, 5.41) is 94.2. The molecule has 12 aromatic rings. The predicted octanol–water partition coefficient (Wildman–Crippen LogP) is 14.5. The Labute approximate surface area is 456 Å². The van der Waals surface area contributed by atoms with Crippen LogP contribution in [0.25, 0.3) is 111 Å². The van der Waals surface area contributed by atoms with E-state index < -0.39 is 0 Å². The van der Waals surface area contributed by atoms with Gasteiger partial charge in [-0.25, -0.2) is 4.98 Å². The van der Waals surface area contributed by atoms with E-state index in [0.29, 0.717) is 95.0 Å². The van der Waals surface area contributed by atoms with E-state index in [1.54, 1.807) is 66.9 Å². The lowest BCUT2D eigenvalue weighted by atomic mass is 9.98. The van der Waals surface area contributed by atoms with E-state index in [2.05, 4.69) is 59.2 Å². The highest BCUT2D eigenvalue weighted by molar-refractivity contribution is 6.13. The molecule has 0 aliphatic carbocycles. The number of benzene rings is 9. The summed E-state index contributed by atoms with van der Waals surface area (Å²) in [5.41, 5.74) is 13.2. The molecule has 0 saturated carbocycles. The van der Waals surface area contributed by atoms with Gasteiger partial charge in [0.15, 0.2) is 0 Å². The highest BCUT2D eigenvalue weighted by Crippen LogP contribution is 2.43. The standard InChI is InChI=1S/C68H30N12/c69-30-40-13-41(31-70)18-53(17-40)48-5-9-58-59-10-6-49(54-19-42(32-71)14-43(20-54)33-72)26-64(59)79(63(58)25-48)67-39-78-68(29-62(67)57-4-2-1-3-52(57)38-77)80-65-27-50(55-21-44(34-73)15-45(22-55)35-74)7-11-60(65)61-12-8-51(28-66(61)80)56-23-46(36-75)16-47(24-56)37-76/h1-29,39H. The molecule has 0 aliphatic heterocycles. The largest absolute Gasteiger partial charge is 0.307 e. The Morgan fingerprint density at radius 2 is 0.588 bits per heavy atom. The zero-order chi connectivity index (χ0) is 55.2. The molecular formula is C68H30N12. The van der Waals surface area contributed by atoms with Gasteiger partial charge in [-0.05, 0) is 154 Å². The first-order chi connectivity index (χ1) is 39.2. The second kappa shape index (κ2) is 19.4. The molecular weight excluding hydrogens is 985 g/mol. The third kappa shape index (κ3) is 8.17. The molecule has 0 atom stereocenters. The molecule has 12 nitrogen and oxygen atoms in total. The minimum Gasteiger partial charge on any atom is -0.307 e. The molecule has 0 amide bonds. The Hall–Kier alpha value is -12.9. The summed E-state index contributed by atoms with van der Waals surface area (Å²) in [5.74, 6) is 0.453. The van der Waals surface area contributed by atoms with Crippen LogP contribution in [0.3, 0.4) is 0 Å². The molecule has 3 heterocycles. The zero-order valence-corrected chi connectivity index (χ0v) is 41.7. The zero-order valence-electron chi connectivity index (χ0n) is 41.7. The van der Waals surface area contributed by atoms with Gasteiger partial charge in [0, 0.05) is 32.7 Å². The van der Waals surface area contributed by atoms with Gasteiger partial charge in [-0.3, -0.25) is 4.57 Å². The lowest BCUT2D eigenvalue weighted by Crippen LogP contribution is -2.04. The van der Waals surface area contributed by atoms with Crippen molar-refractivity contribution in [3.63, 3.8) is 0 Å². The van der Waals surface area contributed by atoms with Crippen molar-refractivity contribution in [1.29, 1.82) is 47.4 Å². The Morgan fingerprint density at radius 3 is 0.900 bits per heavy atom. The fourth-order valence-electron chi connectivity index (χ4n) is 10.7. The number of rotatable bonds is 7. The van der Waals surface area contributed by atoms with Crippen molar-refractivity contribution in [3.8, 4) is 122 Å². The Kier molecular flexibility index (Phi) is 11.7. The number of pyridine rings is 1. The molecule has 0 fully saturated rings. The maximum atomic E-state index is 10.9. The number of nitrogens with zero attached hydrogens (tertiary/aromatic N) is 12. The lowest BCUT2D eigenvalue weighted by Gasteiger charge is -2.18. The second-order valence-corrected chi connectivity index (χ2v) is 18.9. The number of fused-ring (bicyclic) bond motifs is 6. The first-order valence-electron chi connectivity index (χ1n) is 24.7. The highest BCUT2D eigenvalue weighted by Gasteiger charge is 2.23. The molecule has 0 saturated heterocycles. The van der Waals surface area contributed by atoms with Crippen molar-refractivity contribution in [2.45, 2.75) is 0 Å². The van der Waals surface area contributed by atoms with Crippen molar-refractivity contribution >= 4 is 43.6 Å². The molecule has 0 aliphatic rings. The van der Waals surface area contributed by atoms with Crippen LogP contribution in [0, 0.1) is 102 Å². The molecule has 0 unspecified atom stereocenters. The van der Waals surface area contributed by atoms with Gasteiger partial charge in [-0.1, -0.05) is 66.7 Å². The molecule has 12 rings (SSSR count). The fraction of sp³-hybridized carbons (Fsp3) is 0. The minimum atomic E-state index is 0.324. The molecule has 0 N–H and O–H groups in total. The maximum absolute atomic E-state index is 10.9. The highest BCUT2D eigenvalue weighted by atomic mass is 15.1. The summed E-state index contributed by atoms with van der Waals surface area (Å²) in [7, 11) is 0. The van der Waals surface area contributed by atoms with Gasteiger partial charge in [-0.2, -0.15) is 47.4 Å². The molecule has 0 spiro atoms. The summed E-state index contributed by atoms with van der Waals surface area (Å²) in [6.07, 6.45) is 1.77. The first-order valence-corrected chi connectivity index (χ1v) is 24.7. The van der Waals surface area contributed by atoms with Crippen LogP contribution in [0.5, 0.6) is 0 Å². The molecule has 9 aromatic carbocycles. The van der Waals surface area contributed by atoms with Gasteiger partial charge in [0.25, 0.3) is 0 Å². The third-order valence-electron chi connectivity index (χ3n) is 14.3. The molecule has 3 aromatic heterocycles. The first kappa shape index (κ1) is 48.1. The van der Waals surface area contributed by atoms with E-state index in [-0.39, 0.29) is 0 Å². The fourth-order valence-corrected chi connectivity index (χ4v) is 10.7. The Bertz CT molecular complexity index is 4750. The van der Waals surface area contributed by atoms with Gasteiger partial charge in [0.2, 0.25) is 0 Å². The summed E-state index contributed by atoms with van der Waals surface area (Å²) in [6.45, 7) is 0. The Morgan fingerprint density at radius 1 is 0.275 bits per heavy atom. The van der Waals surface area contributed by atoms with Gasteiger partial charge < -0.3 is 4.57 Å². The molecule has 12 heteroatoms. The quantitative estimate of drug-likeness (QED) is 0.146. The van der Waals surface area contributed by atoms with Crippen molar-refractivity contribution in [1.82, 2.24) is 14.1 Å². The van der Waals surface area contributed by atoms with Crippen LogP contribution < -0.4 is 0 Å². The SMILES string of the molecule is N#Cc1cc(C#N)cc(-c2ccc3c4ccc(-c5cc(C#N)cc(C#N)c5)cc4n(-c4cc(-c5ccccc5C#N)c(-n5c6cc(-c7cc(C#N)cc(C#N)c7)ccc6c6ccc(-c7cc(C#N)cc(C#N)c7)cc65)cn4)c3c2)c1. The molecule has 0 radical (unpaired) electrons. The van der Waals surface area contributed by atoms with Crippen LogP contribution in [0.1, 0.15) is 50.1 Å². The summed E-state index contributed by atoms with van der Waals surface area (Å²) in [6, 6.07) is 72.9. The maximum Gasteiger partial charge on any atom is 0.138 e. The van der Waals surface area contributed by atoms with Crippen LogP contribution >= 0.6 is 0 Å². The van der Waals surface area contributed by atoms with Crippen LogP contribution in [0.4, 0.5) is 0 Å². The predicted molar refractivity (Wildman–Crippen MR) is 303 cm³/mol. The van der Waals surface area contributed by atoms with Crippen molar-refractivity contribution in [2.75, 3.05) is 0 Å². The monoisotopic (exact) mass is 1010 g/mol. The minimum absolute atomic E-state index is 0.324. The Balaban J connectivity index is 1.19. The average Bonchev–Trinajstić information content (AvgIpc) is 4.04. The van der Waals surface area contributed by atoms with E-state index in [9.17, 15) is 47.4 Å². The summed E-state index contributed by atoms with van der Waals surface area (Å²) in [4.78, 5) is 5.34. The van der Waals surface area contributed by atoms with Gasteiger partial charge in [0.05, 0.1) is 139 Å². The van der Waals surface area contributed by atoms with Crippen LogP contribution in [-0.2, 0) is 0 Å². The van der Waals surface area contributed by atoms with E-state index >= 15 is 0 Å². The number of hydrogen-bond acceptors (Lipinski definition) is 10. The lowest BCUT2D eigenvalue weighted by molar-refractivity contribution is 1.06. The van der Waals surface area contributed by atoms with E-state index in [4.69, 9.17) is 4.98 Å². The summed E-state index contributed by atoms with van der Waals surface area (Å²) < 4.78 is 4.09. The van der Waals surface area contributed by atoms with Crippen molar-refractivity contribution in [2.24, 2.45) is 0 Å². The van der Waals surface area contributed by atoms with Crippen LogP contribution in [0.15, 0.2) is 182 Å². The smallest absolute Gasteiger partial charge is 0.138 e. The number of hydrogen-bond donors (Lipinski definition) is 0.